The van der Waals surface area contributed by atoms with Crippen LogP contribution in [0.3, 0.4) is 0 Å². The lowest BCUT2D eigenvalue weighted by Crippen LogP contribution is -2.41. The van der Waals surface area contributed by atoms with Crippen molar-refractivity contribution in [2.45, 2.75) is 32.7 Å². The molecule has 11 heteroatoms. The highest BCUT2D eigenvalue weighted by atomic mass is 19.1. The van der Waals surface area contributed by atoms with Gasteiger partial charge in [0, 0.05) is 24.3 Å². The van der Waals surface area contributed by atoms with Gasteiger partial charge in [-0.2, -0.15) is 0 Å². The van der Waals surface area contributed by atoms with Crippen molar-refractivity contribution in [1.82, 2.24) is 13.7 Å². The Morgan fingerprint density at radius 2 is 1.82 bits per heavy atom. The Morgan fingerprint density at radius 1 is 1.08 bits per heavy atom. The molecule has 3 N–H and O–H groups in total. The van der Waals surface area contributed by atoms with Gasteiger partial charge in [0.1, 0.15) is 23.6 Å². The summed E-state index contributed by atoms with van der Waals surface area (Å²) in [5.74, 6) is -1.15. The number of hydrogen-bond acceptors (Lipinski definition) is 6. The zero-order valence-corrected chi connectivity index (χ0v) is 21.0. The maximum Gasteiger partial charge on any atom is 0.336 e. The van der Waals surface area contributed by atoms with E-state index in [4.69, 9.17) is 5.11 Å². The van der Waals surface area contributed by atoms with Crippen molar-refractivity contribution in [3.05, 3.63) is 90.6 Å². The average molecular weight is 520 g/mol. The number of fused-ring (bicyclic) bond motifs is 1. The van der Waals surface area contributed by atoms with Crippen LogP contribution < -0.4 is 27.4 Å². The van der Waals surface area contributed by atoms with Gasteiger partial charge in [-0.3, -0.25) is 28.1 Å². The fourth-order valence-corrected chi connectivity index (χ4v) is 4.63. The second kappa shape index (κ2) is 9.42. The lowest BCUT2D eigenvalue weighted by atomic mass is 10.1. The summed E-state index contributed by atoms with van der Waals surface area (Å²) < 4.78 is 18.5. The number of hydrogen-bond donors (Lipinski definition) is 3. The molecule has 4 aromatic rings. The van der Waals surface area contributed by atoms with E-state index in [1.54, 1.807) is 31.2 Å². The molecular formula is C27H26FN5O5. The van der Waals surface area contributed by atoms with Gasteiger partial charge in [0.25, 0.3) is 11.1 Å². The van der Waals surface area contributed by atoms with E-state index in [-0.39, 0.29) is 34.0 Å². The normalized spacial score (nSPS) is 13.1. The summed E-state index contributed by atoms with van der Waals surface area (Å²) in [5, 5.41) is 14.6. The van der Waals surface area contributed by atoms with Crippen molar-refractivity contribution < 1.29 is 14.3 Å². The quantitative estimate of drug-likeness (QED) is 0.359. The first kappa shape index (κ1) is 25.2. The molecule has 0 bridgehead atoms. The molecule has 1 aliphatic rings. The molecule has 10 nitrogen and oxygen atoms in total. The standard InChI is InChI=1S/C27H26FN5O5/c1-14-7-10-20(19(28)11-14)30-24-22-23(15(2)25(36)31(24)3)32(27(38)33(26(22)37)17-8-9-17)18-6-4-5-16(12-18)29-21(35)13-34/h4-7,10-12,17,30,34H,8-9,13H2,1-3H3,(H,29,35). The fourth-order valence-electron chi connectivity index (χ4n) is 4.63. The minimum absolute atomic E-state index is 0.0521. The SMILES string of the molecule is Cc1ccc(Nc2c3c(=O)n(C4CC4)c(=O)n(-c4cccc(NC(=O)CO)c4)c3c(C)c(=O)n2C)c(F)c1. The van der Waals surface area contributed by atoms with Gasteiger partial charge in [0.05, 0.1) is 16.9 Å². The molecule has 0 saturated heterocycles. The van der Waals surface area contributed by atoms with Crippen LogP contribution in [0.25, 0.3) is 16.6 Å². The van der Waals surface area contributed by atoms with Gasteiger partial charge < -0.3 is 15.7 Å². The van der Waals surface area contributed by atoms with Gasteiger partial charge in [-0.1, -0.05) is 12.1 Å². The molecule has 2 heterocycles. The number of nitrogens with one attached hydrogen (secondary N) is 2. The van der Waals surface area contributed by atoms with Crippen molar-refractivity contribution in [3.8, 4) is 5.69 Å². The first-order chi connectivity index (χ1) is 18.1. The molecule has 1 aliphatic carbocycles. The molecule has 0 atom stereocenters. The predicted molar refractivity (Wildman–Crippen MR) is 142 cm³/mol. The van der Waals surface area contributed by atoms with Crippen molar-refractivity contribution in [2.75, 3.05) is 17.2 Å². The number of carbonyl (C=O) groups is 1. The van der Waals surface area contributed by atoms with Crippen LogP contribution in [0.1, 0.15) is 30.0 Å². The van der Waals surface area contributed by atoms with Crippen molar-refractivity contribution in [2.24, 2.45) is 7.05 Å². The Balaban J connectivity index is 1.88. The summed E-state index contributed by atoms with van der Waals surface area (Å²) in [6, 6.07) is 10.6. The van der Waals surface area contributed by atoms with Crippen LogP contribution in [0, 0.1) is 19.7 Å². The molecule has 1 amide bonds. The molecule has 0 spiro atoms. The van der Waals surface area contributed by atoms with Crippen molar-refractivity contribution in [1.29, 1.82) is 0 Å². The van der Waals surface area contributed by atoms with E-state index in [2.05, 4.69) is 10.6 Å². The Kier molecular flexibility index (Phi) is 6.23. The molecular weight excluding hydrogens is 493 g/mol. The highest BCUT2D eigenvalue weighted by Crippen LogP contribution is 2.34. The predicted octanol–water partition coefficient (Wildman–Crippen LogP) is 2.62. The number of anilines is 3. The molecule has 38 heavy (non-hydrogen) atoms. The monoisotopic (exact) mass is 519 g/mol. The van der Waals surface area contributed by atoms with Crippen LogP contribution in [0.2, 0.25) is 0 Å². The lowest BCUT2D eigenvalue weighted by Gasteiger charge is -2.21. The van der Waals surface area contributed by atoms with Gasteiger partial charge in [-0.05, 0) is 62.6 Å². The minimum Gasteiger partial charge on any atom is -0.387 e. The molecule has 1 fully saturated rings. The number of aliphatic hydroxyl groups excluding tert-OH is 1. The van der Waals surface area contributed by atoms with E-state index < -0.39 is 35.1 Å². The third-order valence-corrected chi connectivity index (χ3v) is 6.66. The van der Waals surface area contributed by atoms with Crippen LogP contribution >= 0.6 is 0 Å². The Bertz CT molecular complexity index is 1800. The van der Waals surface area contributed by atoms with Crippen LogP contribution in [-0.2, 0) is 11.8 Å². The highest BCUT2D eigenvalue weighted by molar-refractivity contribution is 5.94. The summed E-state index contributed by atoms with van der Waals surface area (Å²) in [6.07, 6.45) is 1.29. The van der Waals surface area contributed by atoms with E-state index in [0.717, 1.165) is 0 Å². The number of nitrogens with zero attached hydrogens (tertiary/aromatic N) is 3. The van der Waals surface area contributed by atoms with E-state index in [9.17, 15) is 23.6 Å². The van der Waals surface area contributed by atoms with Crippen LogP contribution in [-0.4, -0.2) is 31.3 Å². The number of benzene rings is 2. The molecule has 2 aromatic heterocycles. The summed E-state index contributed by atoms with van der Waals surface area (Å²) in [6.45, 7) is 2.54. The molecule has 0 radical (unpaired) electrons. The summed E-state index contributed by atoms with van der Waals surface area (Å²) in [4.78, 5) is 52.7. The third-order valence-electron chi connectivity index (χ3n) is 6.66. The van der Waals surface area contributed by atoms with Crippen molar-refractivity contribution in [3.63, 3.8) is 0 Å². The molecule has 5 rings (SSSR count). The molecule has 0 aliphatic heterocycles. The number of aliphatic hydroxyl groups is 1. The Labute approximate surface area is 215 Å². The molecule has 2 aromatic carbocycles. The number of rotatable bonds is 6. The Morgan fingerprint density at radius 3 is 2.47 bits per heavy atom. The van der Waals surface area contributed by atoms with Gasteiger partial charge >= 0.3 is 5.69 Å². The van der Waals surface area contributed by atoms with Gasteiger partial charge in [-0.25, -0.2) is 9.18 Å². The van der Waals surface area contributed by atoms with Gasteiger partial charge in [0.2, 0.25) is 5.91 Å². The van der Waals surface area contributed by atoms with Gasteiger partial charge in [0.15, 0.2) is 0 Å². The van der Waals surface area contributed by atoms with Crippen molar-refractivity contribution >= 4 is 34.0 Å². The maximum atomic E-state index is 14.8. The number of aryl methyl sites for hydroxylation is 2. The molecule has 1 saturated carbocycles. The number of aromatic nitrogens is 3. The number of halogens is 1. The van der Waals surface area contributed by atoms with E-state index in [1.165, 1.54) is 45.9 Å². The third kappa shape index (κ3) is 4.20. The fraction of sp³-hybridized carbons (Fsp3) is 0.259. The maximum absolute atomic E-state index is 14.8. The van der Waals surface area contributed by atoms with Gasteiger partial charge in [-0.15, -0.1) is 0 Å². The summed E-state index contributed by atoms with van der Waals surface area (Å²) >= 11 is 0. The first-order valence-corrected chi connectivity index (χ1v) is 12.1. The highest BCUT2D eigenvalue weighted by Gasteiger charge is 2.31. The second-order valence-corrected chi connectivity index (χ2v) is 9.45. The molecule has 0 unspecified atom stereocenters. The zero-order chi connectivity index (χ0) is 27.3. The number of carbonyl (C=O) groups excluding carboxylic acids is 1. The largest absolute Gasteiger partial charge is 0.387 e. The number of amides is 1. The van der Waals surface area contributed by atoms with E-state index in [0.29, 0.717) is 29.8 Å². The van der Waals surface area contributed by atoms with Crippen LogP contribution in [0.4, 0.5) is 21.6 Å². The Hall–Kier alpha value is -4.51. The number of pyridine rings is 1. The molecule has 196 valence electrons. The summed E-state index contributed by atoms with van der Waals surface area (Å²) in [7, 11) is 1.48. The zero-order valence-electron chi connectivity index (χ0n) is 21.0. The minimum atomic E-state index is -0.723. The average Bonchev–Trinajstić information content (AvgIpc) is 3.72. The first-order valence-electron chi connectivity index (χ1n) is 12.1. The van der Waals surface area contributed by atoms with E-state index >= 15 is 0 Å². The topological polar surface area (TPSA) is 127 Å². The van der Waals surface area contributed by atoms with E-state index in [1.807, 2.05) is 0 Å². The second-order valence-electron chi connectivity index (χ2n) is 9.45. The smallest absolute Gasteiger partial charge is 0.336 e. The lowest BCUT2D eigenvalue weighted by molar-refractivity contribution is -0.118. The van der Waals surface area contributed by atoms with Crippen LogP contribution in [0.5, 0.6) is 0 Å². The van der Waals surface area contributed by atoms with Crippen LogP contribution in [0.15, 0.2) is 56.8 Å². The summed E-state index contributed by atoms with van der Waals surface area (Å²) in [5.41, 5.74) is -0.0645.